The van der Waals surface area contributed by atoms with Gasteiger partial charge in [-0.2, -0.15) is 0 Å². The number of benzene rings is 2. The summed E-state index contributed by atoms with van der Waals surface area (Å²) in [6.45, 7) is 0. The van der Waals surface area contributed by atoms with Crippen molar-refractivity contribution in [1.29, 1.82) is 0 Å². The summed E-state index contributed by atoms with van der Waals surface area (Å²) in [6, 6.07) is 18.1. The first kappa shape index (κ1) is 10.1. The van der Waals surface area contributed by atoms with Crippen molar-refractivity contribution >= 4 is 25.5 Å². The topological polar surface area (TPSA) is 17.1 Å². The van der Waals surface area contributed by atoms with E-state index in [0.717, 1.165) is 11.8 Å². The normalized spacial score (nSPS) is 10.7. The molecular formula is C13H11OP. The van der Waals surface area contributed by atoms with Crippen LogP contribution in [0.4, 0.5) is 0 Å². The molecule has 1 unspecified atom stereocenters. The predicted molar refractivity (Wildman–Crippen MR) is 65.9 cm³/mol. The van der Waals surface area contributed by atoms with Crippen LogP contribution in [-0.2, 0) is 0 Å². The lowest BCUT2D eigenvalue weighted by molar-refractivity contribution is 0.112. The maximum Gasteiger partial charge on any atom is 0.150 e. The molecule has 0 aromatic heterocycles. The predicted octanol–water partition coefficient (Wildman–Crippen LogP) is 2.13. The Balaban J connectivity index is 2.15. The van der Waals surface area contributed by atoms with Crippen molar-refractivity contribution in [2.24, 2.45) is 0 Å². The molecule has 0 saturated carbocycles. The van der Waals surface area contributed by atoms with Gasteiger partial charge >= 0.3 is 0 Å². The van der Waals surface area contributed by atoms with Gasteiger partial charge in [0.25, 0.3) is 0 Å². The van der Waals surface area contributed by atoms with Gasteiger partial charge in [-0.3, -0.25) is 4.79 Å². The van der Waals surface area contributed by atoms with Crippen LogP contribution in [0.25, 0.3) is 0 Å². The largest absolute Gasteiger partial charge is 0.298 e. The molecule has 0 radical (unpaired) electrons. The molecule has 74 valence electrons. The molecule has 2 rings (SSSR count). The first-order valence-electron chi connectivity index (χ1n) is 4.76. The van der Waals surface area contributed by atoms with E-state index in [9.17, 15) is 4.79 Å². The Morgan fingerprint density at radius 3 is 2.00 bits per heavy atom. The van der Waals surface area contributed by atoms with Crippen LogP contribution in [0.3, 0.4) is 0 Å². The molecule has 1 atom stereocenters. The van der Waals surface area contributed by atoms with Gasteiger partial charge in [-0.05, 0) is 10.6 Å². The van der Waals surface area contributed by atoms with E-state index in [4.69, 9.17) is 0 Å². The number of hydrogen-bond acceptors (Lipinski definition) is 1. The number of aldehydes is 1. The zero-order valence-electron chi connectivity index (χ0n) is 8.18. The average molecular weight is 214 g/mol. The Hall–Kier alpha value is -1.46. The zero-order valence-corrected chi connectivity index (χ0v) is 9.18. The van der Waals surface area contributed by atoms with Gasteiger partial charge in [-0.15, -0.1) is 0 Å². The fourth-order valence-corrected chi connectivity index (χ4v) is 2.36. The van der Waals surface area contributed by atoms with Gasteiger partial charge in [0.05, 0.1) is 0 Å². The van der Waals surface area contributed by atoms with Gasteiger partial charge in [0.15, 0.2) is 0 Å². The first-order valence-corrected chi connectivity index (χ1v) is 5.76. The summed E-state index contributed by atoms with van der Waals surface area (Å²) < 4.78 is 0. The maximum atomic E-state index is 10.5. The maximum absolute atomic E-state index is 10.5. The van der Waals surface area contributed by atoms with E-state index >= 15 is 0 Å². The van der Waals surface area contributed by atoms with Crippen LogP contribution in [0, 0.1) is 0 Å². The number of carbonyl (C=O) groups excluding carboxylic acids is 1. The zero-order chi connectivity index (χ0) is 10.5. The van der Waals surface area contributed by atoms with E-state index in [1.54, 1.807) is 0 Å². The van der Waals surface area contributed by atoms with Gasteiger partial charge in [-0.25, -0.2) is 0 Å². The minimum absolute atomic E-state index is 0.659. The van der Waals surface area contributed by atoms with Crippen molar-refractivity contribution in [3.8, 4) is 0 Å². The van der Waals surface area contributed by atoms with Crippen LogP contribution in [0.15, 0.2) is 54.6 Å². The van der Waals surface area contributed by atoms with E-state index in [1.165, 1.54) is 10.6 Å². The minimum Gasteiger partial charge on any atom is -0.298 e. The van der Waals surface area contributed by atoms with Crippen molar-refractivity contribution < 1.29 is 4.79 Å². The number of rotatable bonds is 3. The molecule has 2 aromatic carbocycles. The molecule has 2 heteroatoms. The van der Waals surface area contributed by atoms with Gasteiger partial charge in [0.2, 0.25) is 0 Å². The molecule has 0 bridgehead atoms. The molecule has 0 heterocycles. The molecule has 0 spiro atoms. The highest BCUT2D eigenvalue weighted by atomic mass is 31.1. The Morgan fingerprint density at radius 2 is 1.40 bits per heavy atom. The van der Waals surface area contributed by atoms with Crippen LogP contribution in [0.5, 0.6) is 0 Å². The fourth-order valence-electron chi connectivity index (χ4n) is 1.33. The standard InChI is InChI=1S/C13H11OP/c14-10-11-6-8-13(9-7-11)15-12-4-2-1-3-5-12/h1-10,15H. The van der Waals surface area contributed by atoms with E-state index in [1.807, 2.05) is 42.5 Å². The lowest BCUT2D eigenvalue weighted by Gasteiger charge is -2.01. The highest BCUT2D eigenvalue weighted by Gasteiger charge is 1.95. The molecule has 0 N–H and O–H groups in total. The van der Waals surface area contributed by atoms with E-state index < -0.39 is 0 Å². The summed E-state index contributed by atoms with van der Waals surface area (Å²) in [5, 5.41) is 2.57. The van der Waals surface area contributed by atoms with Crippen LogP contribution in [-0.4, -0.2) is 6.29 Å². The lowest BCUT2D eigenvalue weighted by atomic mass is 10.2. The van der Waals surface area contributed by atoms with Gasteiger partial charge in [0.1, 0.15) is 6.29 Å². The second-order valence-corrected chi connectivity index (χ2v) is 4.64. The summed E-state index contributed by atoms with van der Waals surface area (Å²) >= 11 is 0. The SMILES string of the molecule is O=Cc1ccc(Pc2ccccc2)cc1. The average Bonchev–Trinajstić information content (AvgIpc) is 2.31. The Kier molecular flexibility index (Phi) is 3.26. The highest BCUT2D eigenvalue weighted by Crippen LogP contribution is 2.10. The van der Waals surface area contributed by atoms with Crippen LogP contribution >= 0.6 is 8.58 Å². The van der Waals surface area contributed by atoms with Crippen molar-refractivity contribution in [3.63, 3.8) is 0 Å². The fraction of sp³-hybridized carbons (Fsp3) is 0. The second kappa shape index (κ2) is 4.86. The Morgan fingerprint density at radius 1 is 0.800 bits per heavy atom. The quantitative estimate of drug-likeness (QED) is 0.565. The smallest absolute Gasteiger partial charge is 0.150 e. The van der Waals surface area contributed by atoms with Crippen LogP contribution in [0.2, 0.25) is 0 Å². The number of hydrogen-bond donors (Lipinski definition) is 0. The molecule has 0 amide bonds. The number of carbonyl (C=O) groups is 1. The summed E-state index contributed by atoms with van der Waals surface area (Å²) in [4.78, 5) is 10.5. The summed E-state index contributed by atoms with van der Waals surface area (Å²) in [5.41, 5.74) is 0.733. The van der Waals surface area contributed by atoms with Crippen LogP contribution < -0.4 is 10.6 Å². The van der Waals surface area contributed by atoms with Crippen molar-refractivity contribution in [1.82, 2.24) is 0 Å². The van der Waals surface area contributed by atoms with E-state index in [-0.39, 0.29) is 0 Å². The molecule has 0 fully saturated rings. The molecule has 1 nitrogen and oxygen atoms in total. The molecule has 0 aliphatic carbocycles. The van der Waals surface area contributed by atoms with Gasteiger partial charge in [-0.1, -0.05) is 63.2 Å². The Labute approximate surface area is 90.9 Å². The third kappa shape index (κ3) is 2.74. The Bertz CT molecular complexity index is 434. The summed E-state index contributed by atoms with van der Waals surface area (Å²) in [7, 11) is 0.659. The van der Waals surface area contributed by atoms with Crippen molar-refractivity contribution in [2.45, 2.75) is 0 Å². The summed E-state index contributed by atoms with van der Waals surface area (Å²) in [6.07, 6.45) is 0.870. The first-order chi connectivity index (χ1) is 7.38. The molecule has 2 aromatic rings. The molecule has 0 aliphatic rings. The van der Waals surface area contributed by atoms with Crippen LogP contribution in [0.1, 0.15) is 10.4 Å². The lowest BCUT2D eigenvalue weighted by Crippen LogP contribution is -2.02. The molecule has 0 aliphatic heterocycles. The van der Waals surface area contributed by atoms with Crippen molar-refractivity contribution in [2.75, 3.05) is 0 Å². The van der Waals surface area contributed by atoms with Crippen molar-refractivity contribution in [3.05, 3.63) is 60.2 Å². The second-order valence-electron chi connectivity index (χ2n) is 3.23. The minimum atomic E-state index is 0.659. The third-order valence-corrected chi connectivity index (χ3v) is 3.35. The molecular weight excluding hydrogens is 203 g/mol. The third-order valence-electron chi connectivity index (χ3n) is 2.11. The summed E-state index contributed by atoms with van der Waals surface area (Å²) in [5.74, 6) is 0. The molecule has 15 heavy (non-hydrogen) atoms. The van der Waals surface area contributed by atoms with E-state index in [0.29, 0.717) is 8.58 Å². The van der Waals surface area contributed by atoms with Gasteiger partial charge in [0, 0.05) is 5.56 Å². The monoisotopic (exact) mass is 214 g/mol. The molecule has 0 saturated heterocycles. The van der Waals surface area contributed by atoms with Gasteiger partial charge < -0.3 is 0 Å². The highest BCUT2D eigenvalue weighted by molar-refractivity contribution is 7.55. The van der Waals surface area contributed by atoms with E-state index in [2.05, 4.69) is 12.1 Å².